The van der Waals surface area contributed by atoms with Crippen LogP contribution in [0, 0.1) is 0 Å². The van der Waals surface area contributed by atoms with Crippen LogP contribution in [0.5, 0.6) is 11.5 Å². The van der Waals surface area contributed by atoms with Gasteiger partial charge < -0.3 is 14.8 Å². The molecular formula is C25H26N2O5S. The number of ether oxygens (including phenoxy) is 2. The highest BCUT2D eigenvalue weighted by Crippen LogP contribution is 2.23. The van der Waals surface area contributed by atoms with Gasteiger partial charge in [-0.1, -0.05) is 36.4 Å². The van der Waals surface area contributed by atoms with Crippen molar-refractivity contribution in [2.75, 3.05) is 25.0 Å². The van der Waals surface area contributed by atoms with Crippen LogP contribution in [0.3, 0.4) is 0 Å². The van der Waals surface area contributed by atoms with Crippen LogP contribution >= 0.6 is 0 Å². The van der Waals surface area contributed by atoms with E-state index in [1.165, 1.54) is 10.4 Å². The van der Waals surface area contributed by atoms with E-state index in [4.69, 9.17) is 9.47 Å². The van der Waals surface area contributed by atoms with E-state index in [1.807, 2.05) is 30.3 Å². The van der Waals surface area contributed by atoms with Gasteiger partial charge in [-0.15, -0.1) is 0 Å². The monoisotopic (exact) mass is 466 g/mol. The summed E-state index contributed by atoms with van der Waals surface area (Å²) in [5.74, 6) is 0.851. The first-order chi connectivity index (χ1) is 16.0. The minimum Gasteiger partial charge on any atom is -0.489 e. The van der Waals surface area contributed by atoms with Crippen LogP contribution in [0.2, 0.25) is 0 Å². The summed E-state index contributed by atoms with van der Waals surface area (Å²) >= 11 is 0. The van der Waals surface area contributed by atoms with E-state index < -0.39 is 10.0 Å². The van der Waals surface area contributed by atoms with E-state index in [1.54, 1.807) is 42.5 Å². The number of carbonyl (C=O) groups is 1. The molecular weight excluding hydrogens is 440 g/mol. The molecule has 172 valence electrons. The van der Waals surface area contributed by atoms with Crippen molar-refractivity contribution in [3.63, 3.8) is 0 Å². The van der Waals surface area contributed by atoms with Crippen LogP contribution in [-0.4, -0.2) is 38.3 Å². The second-order valence-corrected chi connectivity index (χ2v) is 9.66. The lowest BCUT2D eigenvalue weighted by molar-refractivity contribution is -0.118. The molecule has 0 saturated carbocycles. The molecule has 1 amide bonds. The summed E-state index contributed by atoms with van der Waals surface area (Å²) in [5.41, 5.74) is 1.49. The molecule has 1 fully saturated rings. The van der Waals surface area contributed by atoms with Gasteiger partial charge in [0.05, 0.1) is 4.90 Å². The van der Waals surface area contributed by atoms with Crippen LogP contribution in [-0.2, 0) is 21.4 Å². The van der Waals surface area contributed by atoms with Crippen molar-refractivity contribution >= 4 is 21.6 Å². The third-order valence-corrected chi connectivity index (χ3v) is 7.16. The number of carbonyl (C=O) groups excluding carboxylic acids is 1. The number of nitrogens with zero attached hydrogens (tertiary/aromatic N) is 1. The SMILES string of the molecule is O=C(COc1ccc(OCc2ccccc2)cc1)Nc1cccc(S(=O)(=O)N2CCCC2)c1. The first kappa shape index (κ1) is 22.8. The lowest BCUT2D eigenvalue weighted by Crippen LogP contribution is -2.28. The molecule has 0 atom stereocenters. The maximum absolute atomic E-state index is 12.7. The van der Waals surface area contributed by atoms with Crippen molar-refractivity contribution in [1.82, 2.24) is 4.31 Å². The molecule has 4 rings (SSSR count). The second kappa shape index (κ2) is 10.5. The van der Waals surface area contributed by atoms with E-state index in [-0.39, 0.29) is 17.4 Å². The molecule has 1 heterocycles. The minimum absolute atomic E-state index is 0.175. The van der Waals surface area contributed by atoms with Crippen LogP contribution in [0.4, 0.5) is 5.69 Å². The van der Waals surface area contributed by atoms with Crippen LogP contribution in [0.15, 0.2) is 83.8 Å². The summed E-state index contributed by atoms with van der Waals surface area (Å²) in [4.78, 5) is 12.5. The van der Waals surface area contributed by atoms with Crippen molar-refractivity contribution in [3.05, 3.63) is 84.4 Å². The number of amides is 1. The van der Waals surface area contributed by atoms with E-state index in [0.717, 1.165) is 18.4 Å². The van der Waals surface area contributed by atoms with E-state index in [9.17, 15) is 13.2 Å². The molecule has 1 aliphatic heterocycles. The Balaban J connectivity index is 1.28. The highest BCUT2D eigenvalue weighted by atomic mass is 32.2. The van der Waals surface area contributed by atoms with Gasteiger partial charge >= 0.3 is 0 Å². The molecule has 3 aromatic rings. The Bertz CT molecular complexity index is 1170. The molecule has 1 N–H and O–H groups in total. The quantitative estimate of drug-likeness (QED) is 0.514. The number of rotatable bonds is 9. The minimum atomic E-state index is -3.54. The number of sulfonamides is 1. The Morgan fingerprint density at radius 2 is 1.52 bits per heavy atom. The van der Waals surface area contributed by atoms with Gasteiger partial charge in [0.15, 0.2) is 6.61 Å². The van der Waals surface area contributed by atoms with E-state index in [2.05, 4.69) is 5.32 Å². The van der Waals surface area contributed by atoms with Crippen LogP contribution in [0.25, 0.3) is 0 Å². The predicted molar refractivity (Wildman–Crippen MR) is 126 cm³/mol. The van der Waals surface area contributed by atoms with Gasteiger partial charge in [0.25, 0.3) is 5.91 Å². The summed E-state index contributed by atoms with van der Waals surface area (Å²) in [7, 11) is -3.54. The van der Waals surface area contributed by atoms with Gasteiger partial charge in [0.2, 0.25) is 10.0 Å². The lowest BCUT2D eigenvalue weighted by Gasteiger charge is -2.16. The average molecular weight is 467 g/mol. The Morgan fingerprint density at radius 3 is 2.21 bits per heavy atom. The second-order valence-electron chi connectivity index (χ2n) is 7.72. The molecule has 0 spiro atoms. The summed E-state index contributed by atoms with van der Waals surface area (Å²) < 4.78 is 38.2. The van der Waals surface area contributed by atoms with Crippen LogP contribution in [0.1, 0.15) is 18.4 Å². The fourth-order valence-electron chi connectivity index (χ4n) is 3.53. The molecule has 0 unspecified atom stereocenters. The standard InChI is InChI=1S/C25H26N2O5S/c28-25(26-21-9-6-10-24(17-21)33(29,30)27-15-4-5-16-27)19-32-23-13-11-22(12-14-23)31-18-20-7-2-1-3-8-20/h1-3,6-14,17H,4-5,15-16,18-19H2,(H,26,28). The van der Waals surface area contributed by atoms with E-state index >= 15 is 0 Å². The van der Waals surface area contributed by atoms with Gasteiger partial charge in [-0.25, -0.2) is 8.42 Å². The summed E-state index contributed by atoms with van der Waals surface area (Å²) in [6.07, 6.45) is 1.74. The first-order valence-electron chi connectivity index (χ1n) is 10.8. The number of hydrogen-bond acceptors (Lipinski definition) is 5. The Hall–Kier alpha value is -3.36. The molecule has 0 radical (unpaired) electrons. The molecule has 1 saturated heterocycles. The van der Waals surface area contributed by atoms with Gasteiger partial charge in [0.1, 0.15) is 18.1 Å². The van der Waals surface area contributed by atoms with Crippen LogP contribution < -0.4 is 14.8 Å². The first-order valence-corrected chi connectivity index (χ1v) is 12.2. The van der Waals surface area contributed by atoms with Crippen molar-refractivity contribution in [2.24, 2.45) is 0 Å². The van der Waals surface area contributed by atoms with Gasteiger partial charge in [0, 0.05) is 18.8 Å². The van der Waals surface area contributed by atoms with Crippen molar-refractivity contribution < 1.29 is 22.7 Å². The highest BCUT2D eigenvalue weighted by molar-refractivity contribution is 7.89. The normalized spacial score (nSPS) is 14.1. The molecule has 8 heteroatoms. The summed E-state index contributed by atoms with van der Waals surface area (Å²) in [6, 6.07) is 23.2. The molecule has 7 nitrogen and oxygen atoms in total. The molecule has 1 aliphatic rings. The molecule has 0 aliphatic carbocycles. The number of hydrogen-bond donors (Lipinski definition) is 1. The van der Waals surface area contributed by atoms with Gasteiger partial charge in [-0.2, -0.15) is 4.31 Å². The third-order valence-electron chi connectivity index (χ3n) is 5.26. The fourth-order valence-corrected chi connectivity index (χ4v) is 5.09. The van der Waals surface area contributed by atoms with Crippen molar-refractivity contribution in [1.29, 1.82) is 0 Å². The molecule has 0 aromatic heterocycles. The Morgan fingerprint density at radius 1 is 0.848 bits per heavy atom. The fraction of sp³-hybridized carbons (Fsp3) is 0.240. The largest absolute Gasteiger partial charge is 0.489 e. The highest BCUT2D eigenvalue weighted by Gasteiger charge is 2.27. The third kappa shape index (κ3) is 6.12. The zero-order valence-corrected chi connectivity index (χ0v) is 19.0. The van der Waals surface area contributed by atoms with E-state index in [0.29, 0.717) is 36.9 Å². The van der Waals surface area contributed by atoms with Crippen molar-refractivity contribution in [2.45, 2.75) is 24.3 Å². The Labute approximate surface area is 194 Å². The number of benzene rings is 3. The summed E-state index contributed by atoms with van der Waals surface area (Å²) in [6.45, 7) is 1.33. The molecule has 0 bridgehead atoms. The average Bonchev–Trinajstić information content (AvgIpc) is 3.39. The van der Waals surface area contributed by atoms with Crippen molar-refractivity contribution in [3.8, 4) is 11.5 Å². The molecule has 33 heavy (non-hydrogen) atoms. The maximum Gasteiger partial charge on any atom is 0.262 e. The zero-order valence-electron chi connectivity index (χ0n) is 18.1. The predicted octanol–water partition coefficient (Wildman–Crippen LogP) is 4.07. The lowest BCUT2D eigenvalue weighted by atomic mass is 10.2. The zero-order chi connectivity index (χ0) is 23.1. The topological polar surface area (TPSA) is 84.9 Å². The number of nitrogens with one attached hydrogen (secondary N) is 1. The van der Waals surface area contributed by atoms with Gasteiger partial charge in [-0.3, -0.25) is 4.79 Å². The summed E-state index contributed by atoms with van der Waals surface area (Å²) in [5, 5.41) is 2.69. The maximum atomic E-state index is 12.7. The van der Waals surface area contributed by atoms with Gasteiger partial charge in [-0.05, 0) is 60.9 Å². The number of anilines is 1. The molecule has 3 aromatic carbocycles. The smallest absolute Gasteiger partial charge is 0.262 e. The Kier molecular flexibility index (Phi) is 7.26.